The van der Waals surface area contributed by atoms with Crippen molar-refractivity contribution < 1.29 is 17.2 Å². The summed E-state index contributed by atoms with van der Waals surface area (Å²) in [5, 5.41) is 3.19. The van der Waals surface area contributed by atoms with Gasteiger partial charge in [-0.25, -0.2) is 13.1 Å². The van der Waals surface area contributed by atoms with Crippen molar-refractivity contribution >= 4 is 27.3 Å². The number of unbranched alkanes of at least 4 members (excludes halogenated alkanes) is 1. The summed E-state index contributed by atoms with van der Waals surface area (Å²) < 4.78 is 56.7. The molecule has 0 radical (unpaired) electrons. The maximum Gasteiger partial charge on any atom is 0.331 e. The molecule has 0 bridgehead atoms. The van der Waals surface area contributed by atoms with E-state index >= 15 is 0 Å². The Morgan fingerprint density at radius 2 is 1.62 bits per heavy atom. The van der Waals surface area contributed by atoms with Gasteiger partial charge in [0.15, 0.2) is 11.6 Å². The molecular formula is C18H21F2N3O2S. The number of para-hydroxylation sites is 3. The third-order valence-corrected chi connectivity index (χ3v) is 6.01. The molecule has 2 aromatic carbocycles. The Morgan fingerprint density at radius 3 is 2.27 bits per heavy atom. The van der Waals surface area contributed by atoms with Gasteiger partial charge in [0.1, 0.15) is 5.69 Å². The lowest BCUT2D eigenvalue weighted by atomic mass is 10.2. The first kappa shape index (κ1) is 18.6. The number of hydrogen-bond acceptors (Lipinski definition) is 3. The second-order valence-electron chi connectivity index (χ2n) is 5.96. The van der Waals surface area contributed by atoms with Crippen LogP contribution in [0.5, 0.6) is 0 Å². The van der Waals surface area contributed by atoms with Crippen LogP contribution >= 0.6 is 0 Å². The van der Waals surface area contributed by atoms with Crippen molar-refractivity contribution in [3.05, 3.63) is 54.1 Å². The van der Waals surface area contributed by atoms with Gasteiger partial charge in [0.2, 0.25) is 0 Å². The zero-order chi connectivity index (χ0) is 18.7. The Hall–Kier alpha value is -2.19. The molecule has 8 heteroatoms. The number of hydrogen-bond donors (Lipinski definition) is 1. The molecule has 1 N–H and O–H groups in total. The van der Waals surface area contributed by atoms with Gasteiger partial charge >= 0.3 is 10.2 Å². The minimum Gasteiger partial charge on any atom is -0.317 e. The van der Waals surface area contributed by atoms with E-state index in [0.29, 0.717) is 12.1 Å². The summed E-state index contributed by atoms with van der Waals surface area (Å²) in [4.78, 5) is 0. The molecule has 0 fully saturated rings. The van der Waals surface area contributed by atoms with Crippen molar-refractivity contribution in [1.29, 1.82) is 0 Å². The minimum atomic E-state index is -4.11. The summed E-state index contributed by atoms with van der Waals surface area (Å²) in [5.74, 6) is -1.84. The summed E-state index contributed by atoms with van der Waals surface area (Å²) in [5.41, 5.74) is 0.108. The van der Waals surface area contributed by atoms with Crippen LogP contribution in [0.4, 0.5) is 25.8 Å². The molecule has 0 amide bonds. The Kier molecular flexibility index (Phi) is 5.43. The Balaban J connectivity index is 1.97. The van der Waals surface area contributed by atoms with Crippen LogP contribution in [0.15, 0.2) is 42.5 Å². The van der Waals surface area contributed by atoms with E-state index in [9.17, 15) is 17.2 Å². The van der Waals surface area contributed by atoms with E-state index in [0.717, 1.165) is 35.9 Å². The van der Waals surface area contributed by atoms with Gasteiger partial charge in [-0.15, -0.1) is 0 Å². The Labute approximate surface area is 152 Å². The lowest BCUT2D eigenvalue weighted by molar-refractivity contribution is 0.573. The lowest BCUT2D eigenvalue weighted by Gasteiger charge is -2.22. The smallest absolute Gasteiger partial charge is 0.317 e. The highest BCUT2D eigenvalue weighted by Gasteiger charge is 2.43. The van der Waals surface area contributed by atoms with Crippen molar-refractivity contribution in [3.63, 3.8) is 0 Å². The van der Waals surface area contributed by atoms with Crippen LogP contribution in [0.2, 0.25) is 0 Å². The van der Waals surface area contributed by atoms with Gasteiger partial charge in [-0.1, -0.05) is 25.1 Å². The number of nitrogens with zero attached hydrogens (tertiary/aromatic N) is 2. The highest BCUT2D eigenvalue weighted by Crippen LogP contribution is 2.46. The van der Waals surface area contributed by atoms with Crippen LogP contribution in [0.3, 0.4) is 0 Å². The minimum absolute atomic E-state index is 0.247. The molecule has 26 heavy (non-hydrogen) atoms. The molecule has 5 nitrogen and oxygen atoms in total. The van der Waals surface area contributed by atoms with Crippen molar-refractivity contribution in [1.82, 2.24) is 5.32 Å². The van der Waals surface area contributed by atoms with Gasteiger partial charge in [0, 0.05) is 6.54 Å². The maximum absolute atomic E-state index is 14.3. The molecule has 0 atom stereocenters. The second-order valence-corrected chi connectivity index (χ2v) is 7.67. The predicted octanol–water partition coefficient (Wildman–Crippen LogP) is 3.56. The average Bonchev–Trinajstić information content (AvgIpc) is 2.82. The van der Waals surface area contributed by atoms with Crippen molar-refractivity contribution in [2.75, 3.05) is 28.2 Å². The van der Waals surface area contributed by atoms with Crippen LogP contribution in [-0.4, -0.2) is 28.1 Å². The molecule has 1 aliphatic rings. The monoisotopic (exact) mass is 381 g/mol. The fourth-order valence-corrected chi connectivity index (χ4v) is 4.80. The zero-order valence-corrected chi connectivity index (χ0v) is 15.3. The summed E-state index contributed by atoms with van der Waals surface area (Å²) in [7, 11) is -4.11. The highest BCUT2D eigenvalue weighted by atomic mass is 32.2. The van der Waals surface area contributed by atoms with Gasteiger partial charge in [0.25, 0.3) is 0 Å². The second kappa shape index (κ2) is 7.59. The maximum atomic E-state index is 14.3. The van der Waals surface area contributed by atoms with E-state index < -0.39 is 27.5 Å². The number of benzene rings is 2. The molecule has 0 aromatic heterocycles. The quantitative estimate of drug-likeness (QED) is 0.746. The third-order valence-electron chi connectivity index (χ3n) is 4.23. The van der Waals surface area contributed by atoms with Gasteiger partial charge < -0.3 is 5.32 Å². The molecule has 1 heterocycles. The first-order valence-electron chi connectivity index (χ1n) is 8.55. The fourth-order valence-electron chi connectivity index (χ4n) is 3.03. The Morgan fingerprint density at radius 1 is 0.962 bits per heavy atom. The SMILES string of the molecule is CCNCCCCN1c2ccccc2N(c2c(F)cccc2F)S1(=O)=O. The molecule has 1 aliphatic heterocycles. The molecule has 140 valence electrons. The molecular weight excluding hydrogens is 360 g/mol. The molecule has 0 aliphatic carbocycles. The number of rotatable bonds is 7. The highest BCUT2D eigenvalue weighted by molar-refractivity contribution is 7.95. The first-order chi connectivity index (χ1) is 12.5. The van der Waals surface area contributed by atoms with Crippen LogP contribution in [0, 0.1) is 11.6 Å². The van der Waals surface area contributed by atoms with Crippen molar-refractivity contribution in [2.24, 2.45) is 0 Å². The van der Waals surface area contributed by atoms with Crippen LogP contribution < -0.4 is 13.9 Å². The van der Waals surface area contributed by atoms with E-state index in [1.807, 2.05) is 6.92 Å². The summed E-state index contributed by atoms with van der Waals surface area (Å²) >= 11 is 0. The molecule has 0 unspecified atom stereocenters. The van der Waals surface area contributed by atoms with Crippen molar-refractivity contribution in [3.8, 4) is 0 Å². The van der Waals surface area contributed by atoms with Gasteiger partial charge in [-0.2, -0.15) is 8.42 Å². The topological polar surface area (TPSA) is 52.6 Å². The normalized spacial score (nSPS) is 15.3. The van der Waals surface area contributed by atoms with Crippen LogP contribution in [-0.2, 0) is 10.2 Å². The largest absolute Gasteiger partial charge is 0.331 e. The number of nitrogens with one attached hydrogen (secondary N) is 1. The third kappa shape index (κ3) is 3.26. The summed E-state index contributed by atoms with van der Waals surface area (Å²) in [6.45, 7) is 3.89. The predicted molar refractivity (Wildman–Crippen MR) is 99.0 cm³/mol. The lowest BCUT2D eigenvalue weighted by Crippen LogP contribution is -2.37. The van der Waals surface area contributed by atoms with E-state index in [1.54, 1.807) is 24.3 Å². The van der Waals surface area contributed by atoms with E-state index in [4.69, 9.17) is 0 Å². The van der Waals surface area contributed by atoms with Crippen LogP contribution in [0.25, 0.3) is 0 Å². The summed E-state index contributed by atoms with van der Waals surface area (Å²) in [6.07, 6.45) is 1.43. The molecule has 3 rings (SSSR count). The van der Waals surface area contributed by atoms with E-state index in [-0.39, 0.29) is 12.2 Å². The van der Waals surface area contributed by atoms with Gasteiger partial charge in [-0.3, -0.25) is 4.31 Å². The number of fused-ring (bicyclic) bond motifs is 1. The number of halogens is 2. The van der Waals surface area contributed by atoms with E-state index in [1.165, 1.54) is 10.4 Å². The molecule has 0 spiro atoms. The van der Waals surface area contributed by atoms with Crippen molar-refractivity contribution in [2.45, 2.75) is 19.8 Å². The average molecular weight is 381 g/mol. The number of anilines is 3. The fraction of sp³-hybridized carbons (Fsp3) is 0.333. The molecule has 0 saturated heterocycles. The standard InChI is InChI=1S/C18H21F2N3O2S/c1-2-21-12-5-6-13-22-16-10-3-4-11-17(16)23(26(22,24)25)18-14(19)8-7-9-15(18)20/h3-4,7-11,21H,2,5-6,12-13H2,1H3. The van der Waals surface area contributed by atoms with E-state index in [2.05, 4.69) is 5.32 Å². The summed E-state index contributed by atoms with van der Waals surface area (Å²) in [6, 6.07) is 9.87. The zero-order valence-electron chi connectivity index (χ0n) is 14.5. The van der Waals surface area contributed by atoms with Crippen LogP contribution in [0.1, 0.15) is 19.8 Å². The van der Waals surface area contributed by atoms with Gasteiger partial charge in [0.05, 0.1) is 11.4 Å². The molecule has 0 saturated carbocycles. The Bertz CT molecular complexity index is 870. The van der Waals surface area contributed by atoms with Gasteiger partial charge in [-0.05, 0) is 50.2 Å². The molecule has 2 aromatic rings. The first-order valence-corrected chi connectivity index (χ1v) is 9.95.